The van der Waals surface area contributed by atoms with E-state index in [2.05, 4.69) is 9.97 Å². The quantitative estimate of drug-likeness (QED) is 0.608. The minimum Gasteiger partial charge on any atom is -0.493 e. The second kappa shape index (κ2) is 8.68. The summed E-state index contributed by atoms with van der Waals surface area (Å²) in [5, 5.41) is 8.84. The van der Waals surface area contributed by atoms with Crippen LogP contribution in [0.5, 0.6) is 17.2 Å². The van der Waals surface area contributed by atoms with Crippen molar-refractivity contribution in [1.82, 2.24) is 9.97 Å². The Morgan fingerprint density at radius 3 is 2.72 bits per heavy atom. The molecular formula is C20H24N4O5. The van der Waals surface area contributed by atoms with Crippen molar-refractivity contribution in [2.75, 3.05) is 25.7 Å². The van der Waals surface area contributed by atoms with Crippen molar-refractivity contribution < 1.29 is 24.1 Å². The molecule has 3 rings (SSSR count). The van der Waals surface area contributed by atoms with Crippen LogP contribution in [0.15, 0.2) is 18.3 Å². The lowest BCUT2D eigenvalue weighted by Gasteiger charge is -2.26. The number of anilines is 2. The molecule has 9 nitrogen and oxygen atoms in total. The Bertz CT molecular complexity index is 945. The van der Waals surface area contributed by atoms with Gasteiger partial charge in [-0.1, -0.05) is 6.08 Å². The molecule has 0 radical (unpaired) electrons. The number of carboxylic acids is 1. The molecule has 0 aliphatic carbocycles. The zero-order valence-electron chi connectivity index (χ0n) is 16.3. The normalized spacial score (nSPS) is 14.8. The van der Waals surface area contributed by atoms with Gasteiger partial charge in [0.15, 0.2) is 11.5 Å². The molecule has 1 aliphatic heterocycles. The van der Waals surface area contributed by atoms with Gasteiger partial charge in [0, 0.05) is 30.2 Å². The van der Waals surface area contributed by atoms with Gasteiger partial charge in [0.05, 0.1) is 14.2 Å². The number of rotatable bonds is 8. The molecule has 0 bridgehead atoms. The Hall–Kier alpha value is -3.49. The summed E-state index contributed by atoms with van der Waals surface area (Å²) in [7, 11) is 3.10. The van der Waals surface area contributed by atoms with Crippen LogP contribution in [-0.2, 0) is 11.2 Å². The van der Waals surface area contributed by atoms with Crippen LogP contribution in [0.1, 0.15) is 36.0 Å². The van der Waals surface area contributed by atoms with Crippen LogP contribution in [0.4, 0.5) is 11.8 Å². The van der Waals surface area contributed by atoms with Gasteiger partial charge in [-0.05, 0) is 30.5 Å². The molecule has 1 aromatic carbocycles. The lowest BCUT2D eigenvalue weighted by molar-refractivity contribution is -0.137. The first-order valence-corrected chi connectivity index (χ1v) is 9.14. The summed E-state index contributed by atoms with van der Waals surface area (Å²) < 4.78 is 17.2. The maximum Gasteiger partial charge on any atom is 0.303 e. The van der Waals surface area contributed by atoms with Gasteiger partial charge in [-0.15, -0.1) is 0 Å². The summed E-state index contributed by atoms with van der Waals surface area (Å²) >= 11 is 0. The van der Waals surface area contributed by atoms with Crippen LogP contribution >= 0.6 is 0 Å². The van der Waals surface area contributed by atoms with E-state index in [4.69, 9.17) is 30.8 Å². The summed E-state index contributed by atoms with van der Waals surface area (Å²) in [5.74, 6) is 1.17. The summed E-state index contributed by atoms with van der Waals surface area (Å²) in [6, 6.07) is 1.87. The number of hydrogen-bond donors (Lipinski definition) is 3. The van der Waals surface area contributed by atoms with Crippen LogP contribution in [-0.4, -0.2) is 41.4 Å². The van der Waals surface area contributed by atoms with Crippen LogP contribution in [0.2, 0.25) is 0 Å². The minimum atomic E-state index is -0.824. The molecule has 1 atom stereocenters. The highest BCUT2D eigenvalue weighted by atomic mass is 16.5. The fraction of sp³-hybridized carbons (Fsp3) is 0.350. The number of aliphatic carboxylic acids is 1. The average Bonchev–Trinajstić information content (AvgIpc) is 2.69. The first-order valence-electron chi connectivity index (χ1n) is 9.14. The van der Waals surface area contributed by atoms with Crippen molar-refractivity contribution in [3.63, 3.8) is 0 Å². The molecule has 0 saturated carbocycles. The number of fused-ring (bicyclic) bond motifs is 1. The number of hydrogen-bond acceptors (Lipinski definition) is 8. The first-order chi connectivity index (χ1) is 13.9. The number of methoxy groups -OCH3 is 2. The molecule has 1 aliphatic rings. The van der Waals surface area contributed by atoms with E-state index in [9.17, 15) is 4.79 Å². The maximum absolute atomic E-state index is 10.8. The van der Waals surface area contributed by atoms with Crippen molar-refractivity contribution in [3.8, 4) is 17.2 Å². The van der Waals surface area contributed by atoms with Gasteiger partial charge in [-0.2, -0.15) is 4.98 Å². The van der Waals surface area contributed by atoms with Crippen LogP contribution in [0, 0.1) is 0 Å². The Kier molecular flexibility index (Phi) is 6.06. The van der Waals surface area contributed by atoms with Gasteiger partial charge in [0.25, 0.3) is 0 Å². The number of aromatic nitrogens is 2. The Labute approximate surface area is 168 Å². The van der Waals surface area contributed by atoms with Crippen molar-refractivity contribution in [1.29, 1.82) is 0 Å². The Balaban J connectivity index is 1.95. The Morgan fingerprint density at radius 1 is 1.28 bits per heavy atom. The van der Waals surface area contributed by atoms with E-state index in [-0.39, 0.29) is 18.5 Å². The monoisotopic (exact) mass is 400 g/mol. The third-order valence-electron chi connectivity index (χ3n) is 4.67. The third-order valence-corrected chi connectivity index (χ3v) is 4.67. The number of nitrogens with two attached hydrogens (primary N) is 2. The molecule has 2 heterocycles. The summed E-state index contributed by atoms with van der Waals surface area (Å²) in [6.07, 6.45) is 6.86. The number of nitrogen functional groups attached to an aromatic ring is 2. The van der Waals surface area contributed by atoms with Crippen molar-refractivity contribution in [3.05, 3.63) is 35.0 Å². The second-order valence-electron chi connectivity index (χ2n) is 6.63. The maximum atomic E-state index is 10.8. The highest BCUT2D eigenvalue weighted by Gasteiger charge is 2.25. The van der Waals surface area contributed by atoms with Gasteiger partial charge in [-0.3, -0.25) is 4.79 Å². The molecule has 1 unspecified atom stereocenters. The molecule has 1 aromatic heterocycles. The summed E-state index contributed by atoms with van der Waals surface area (Å²) in [5.41, 5.74) is 14.0. The lowest BCUT2D eigenvalue weighted by Crippen LogP contribution is -2.19. The van der Waals surface area contributed by atoms with Crippen LogP contribution < -0.4 is 25.7 Å². The van der Waals surface area contributed by atoms with Crippen LogP contribution in [0.3, 0.4) is 0 Å². The SMILES string of the molecule is COc1cc(Cc2cnc(N)nc2N)c2c(c1OC)OC(CCCC(=O)O)C=C2. The second-order valence-corrected chi connectivity index (χ2v) is 6.63. The van der Waals surface area contributed by atoms with Crippen molar-refractivity contribution in [2.24, 2.45) is 0 Å². The highest BCUT2D eigenvalue weighted by Crippen LogP contribution is 2.46. The van der Waals surface area contributed by atoms with Gasteiger partial charge >= 0.3 is 5.97 Å². The summed E-state index contributed by atoms with van der Waals surface area (Å²) in [6.45, 7) is 0. The van der Waals surface area contributed by atoms with E-state index >= 15 is 0 Å². The average molecular weight is 400 g/mol. The number of carboxylic acid groups (broad SMARTS) is 1. The van der Waals surface area contributed by atoms with E-state index in [1.165, 1.54) is 0 Å². The number of nitrogens with zero attached hydrogens (tertiary/aromatic N) is 2. The molecule has 5 N–H and O–H groups in total. The number of ether oxygens (including phenoxy) is 3. The van der Waals surface area contributed by atoms with Crippen molar-refractivity contribution in [2.45, 2.75) is 31.8 Å². The van der Waals surface area contributed by atoms with Gasteiger partial charge < -0.3 is 30.8 Å². The predicted molar refractivity (Wildman–Crippen MR) is 108 cm³/mol. The fourth-order valence-electron chi connectivity index (χ4n) is 3.25. The lowest BCUT2D eigenvalue weighted by atomic mass is 9.96. The van der Waals surface area contributed by atoms with E-state index < -0.39 is 5.97 Å². The molecular weight excluding hydrogens is 376 g/mol. The van der Waals surface area contributed by atoms with E-state index in [0.29, 0.717) is 42.3 Å². The predicted octanol–water partition coefficient (Wildman–Crippen LogP) is 2.28. The van der Waals surface area contributed by atoms with E-state index in [1.54, 1.807) is 20.4 Å². The van der Waals surface area contributed by atoms with E-state index in [0.717, 1.165) is 16.7 Å². The van der Waals surface area contributed by atoms with Gasteiger partial charge in [-0.25, -0.2) is 4.98 Å². The molecule has 154 valence electrons. The molecule has 29 heavy (non-hydrogen) atoms. The zero-order chi connectivity index (χ0) is 21.0. The zero-order valence-corrected chi connectivity index (χ0v) is 16.3. The summed E-state index contributed by atoms with van der Waals surface area (Å²) in [4.78, 5) is 18.8. The smallest absolute Gasteiger partial charge is 0.303 e. The van der Waals surface area contributed by atoms with Gasteiger partial charge in [0.1, 0.15) is 11.9 Å². The first kappa shape index (κ1) is 20.2. The van der Waals surface area contributed by atoms with E-state index in [1.807, 2.05) is 18.2 Å². The van der Waals surface area contributed by atoms with Crippen molar-refractivity contribution >= 4 is 23.8 Å². The molecule has 0 spiro atoms. The fourth-order valence-corrected chi connectivity index (χ4v) is 3.25. The van der Waals surface area contributed by atoms with Gasteiger partial charge in [0.2, 0.25) is 11.7 Å². The molecule has 0 saturated heterocycles. The largest absolute Gasteiger partial charge is 0.493 e. The molecule has 9 heteroatoms. The van der Waals surface area contributed by atoms with Crippen LogP contribution in [0.25, 0.3) is 6.08 Å². The minimum absolute atomic E-state index is 0.0947. The third kappa shape index (κ3) is 4.50. The molecule has 2 aromatic rings. The topological polar surface area (TPSA) is 143 Å². The Morgan fingerprint density at radius 2 is 2.07 bits per heavy atom. The number of benzene rings is 1. The molecule has 0 amide bonds. The molecule has 0 fully saturated rings. The number of carbonyl (C=O) groups is 1. The standard InChI is InChI=1S/C20H24N4O5/c1-27-15-9-11(8-12-10-23-20(22)24-19(12)21)14-7-6-13(4-3-5-16(25)26)29-17(14)18(15)28-2/h6-7,9-10,13H,3-5,8H2,1-2H3,(H,25,26)(H4,21,22,23,24). The highest BCUT2D eigenvalue weighted by molar-refractivity contribution is 5.72.